The molecule has 2 rings (SSSR count). The Morgan fingerprint density at radius 3 is 2.69 bits per heavy atom. The predicted molar refractivity (Wildman–Crippen MR) is 67.8 cm³/mol. The molecule has 0 saturated heterocycles. The summed E-state index contributed by atoms with van der Waals surface area (Å²) < 4.78 is 0.946. The van der Waals surface area contributed by atoms with Crippen LogP contribution in [-0.4, -0.2) is 23.2 Å². The van der Waals surface area contributed by atoms with E-state index >= 15 is 0 Å². The zero-order chi connectivity index (χ0) is 11.6. The molecule has 0 aromatic carbocycles. The number of aliphatic hydroxyl groups is 1. The monoisotopic (exact) mass is 303 g/mol. The highest BCUT2D eigenvalue weighted by Crippen LogP contribution is 2.30. The molecule has 1 aromatic heterocycles. The molecule has 1 aliphatic rings. The SMILES string of the molecule is O=C(NC1(CO)CCCC1)c1ccc(Br)s1. The maximum Gasteiger partial charge on any atom is 0.261 e. The highest BCUT2D eigenvalue weighted by molar-refractivity contribution is 9.11. The zero-order valence-corrected chi connectivity index (χ0v) is 11.2. The lowest BCUT2D eigenvalue weighted by Crippen LogP contribution is -2.49. The van der Waals surface area contributed by atoms with Gasteiger partial charge in [-0.05, 0) is 40.9 Å². The number of hydrogen-bond acceptors (Lipinski definition) is 3. The van der Waals surface area contributed by atoms with Crippen LogP contribution in [0.25, 0.3) is 0 Å². The van der Waals surface area contributed by atoms with Crippen molar-refractivity contribution in [3.05, 3.63) is 20.8 Å². The topological polar surface area (TPSA) is 49.3 Å². The maximum atomic E-state index is 11.9. The Balaban J connectivity index is 2.06. The summed E-state index contributed by atoms with van der Waals surface area (Å²) in [4.78, 5) is 12.6. The van der Waals surface area contributed by atoms with E-state index in [4.69, 9.17) is 0 Å². The quantitative estimate of drug-likeness (QED) is 0.901. The summed E-state index contributed by atoms with van der Waals surface area (Å²) in [7, 11) is 0. The van der Waals surface area contributed by atoms with Gasteiger partial charge in [-0.1, -0.05) is 12.8 Å². The zero-order valence-electron chi connectivity index (χ0n) is 8.83. The van der Waals surface area contributed by atoms with Gasteiger partial charge in [-0.15, -0.1) is 11.3 Å². The van der Waals surface area contributed by atoms with Crippen LogP contribution in [0.1, 0.15) is 35.4 Å². The fourth-order valence-corrected chi connectivity index (χ4v) is 3.39. The van der Waals surface area contributed by atoms with E-state index in [0.29, 0.717) is 4.88 Å². The Morgan fingerprint density at radius 2 is 2.19 bits per heavy atom. The molecular weight excluding hydrogens is 290 g/mol. The first-order chi connectivity index (χ1) is 7.65. The van der Waals surface area contributed by atoms with Crippen LogP contribution < -0.4 is 5.32 Å². The van der Waals surface area contributed by atoms with Crippen molar-refractivity contribution in [2.24, 2.45) is 0 Å². The van der Waals surface area contributed by atoms with E-state index in [9.17, 15) is 9.90 Å². The molecule has 0 unspecified atom stereocenters. The lowest BCUT2D eigenvalue weighted by atomic mass is 9.99. The molecule has 1 fully saturated rings. The highest BCUT2D eigenvalue weighted by Gasteiger charge is 2.34. The number of thiophene rings is 1. The second kappa shape index (κ2) is 4.85. The number of rotatable bonds is 3. The maximum absolute atomic E-state index is 11.9. The molecule has 5 heteroatoms. The van der Waals surface area contributed by atoms with Gasteiger partial charge in [-0.3, -0.25) is 4.79 Å². The molecule has 1 saturated carbocycles. The molecule has 1 aliphatic carbocycles. The van der Waals surface area contributed by atoms with Gasteiger partial charge in [0.2, 0.25) is 0 Å². The summed E-state index contributed by atoms with van der Waals surface area (Å²) in [6.45, 7) is 0.0330. The number of aliphatic hydroxyl groups excluding tert-OH is 1. The van der Waals surface area contributed by atoms with Crippen molar-refractivity contribution < 1.29 is 9.90 Å². The Morgan fingerprint density at radius 1 is 1.50 bits per heavy atom. The van der Waals surface area contributed by atoms with Crippen molar-refractivity contribution in [2.45, 2.75) is 31.2 Å². The van der Waals surface area contributed by atoms with Crippen LogP contribution in [-0.2, 0) is 0 Å². The Bertz CT molecular complexity index is 385. The smallest absolute Gasteiger partial charge is 0.261 e. The molecule has 1 aromatic rings. The summed E-state index contributed by atoms with van der Waals surface area (Å²) in [5.74, 6) is -0.0772. The molecule has 0 atom stereocenters. The second-order valence-electron chi connectivity index (χ2n) is 4.20. The number of nitrogens with one attached hydrogen (secondary N) is 1. The largest absolute Gasteiger partial charge is 0.394 e. The average molecular weight is 304 g/mol. The van der Waals surface area contributed by atoms with E-state index in [1.54, 1.807) is 6.07 Å². The fourth-order valence-electron chi connectivity index (χ4n) is 2.11. The van der Waals surface area contributed by atoms with Gasteiger partial charge >= 0.3 is 0 Å². The van der Waals surface area contributed by atoms with Crippen LogP contribution in [0, 0.1) is 0 Å². The number of amides is 1. The Labute approximate surface area is 107 Å². The summed E-state index contributed by atoms with van der Waals surface area (Å²) >= 11 is 4.74. The van der Waals surface area contributed by atoms with Crippen LogP contribution in [0.4, 0.5) is 0 Å². The van der Waals surface area contributed by atoms with E-state index in [-0.39, 0.29) is 18.1 Å². The van der Waals surface area contributed by atoms with Gasteiger partial charge < -0.3 is 10.4 Å². The summed E-state index contributed by atoms with van der Waals surface area (Å²) in [6.07, 6.45) is 3.91. The summed E-state index contributed by atoms with van der Waals surface area (Å²) in [5, 5.41) is 12.4. The van der Waals surface area contributed by atoms with Gasteiger partial charge in [-0.2, -0.15) is 0 Å². The predicted octanol–water partition coefficient (Wildman–Crippen LogP) is 2.55. The van der Waals surface area contributed by atoms with Crippen LogP contribution in [0.15, 0.2) is 15.9 Å². The van der Waals surface area contributed by atoms with E-state index in [2.05, 4.69) is 21.2 Å². The van der Waals surface area contributed by atoms with E-state index in [1.807, 2.05) is 6.07 Å². The molecule has 16 heavy (non-hydrogen) atoms. The summed E-state index contributed by atoms with van der Waals surface area (Å²) in [5.41, 5.74) is -0.381. The molecule has 2 N–H and O–H groups in total. The Hall–Kier alpha value is -0.390. The minimum atomic E-state index is -0.381. The van der Waals surface area contributed by atoms with Gasteiger partial charge in [0.05, 0.1) is 20.8 Å². The minimum Gasteiger partial charge on any atom is -0.394 e. The van der Waals surface area contributed by atoms with Gasteiger partial charge in [0.15, 0.2) is 0 Å². The van der Waals surface area contributed by atoms with E-state index < -0.39 is 0 Å². The Kier molecular flexibility index (Phi) is 3.66. The minimum absolute atomic E-state index is 0.0330. The lowest BCUT2D eigenvalue weighted by Gasteiger charge is -2.27. The van der Waals surface area contributed by atoms with E-state index in [0.717, 1.165) is 29.5 Å². The first-order valence-electron chi connectivity index (χ1n) is 5.34. The molecule has 0 bridgehead atoms. The number of halogens is 1. The molecule has 88 valence electrons. The van der Waals surface area contributed by atoms with Crippen molar-refractivity contribution in [3.63, 3.8) is 0 Å². The van der Waals surface area contributed by atoms with Gasteiger partial charge in [0.1, 0.15) is 0 Å². The van der Waals surface area contributed by atoms with Crippen LogP contribution in [0.2, 0.25) is 0 Å². The standard InChI is InChI=1S/C11H14BrNO2S/c12-9-4-3-8(16-9)10(15)13-11(7-14)5-1-2-6-11/h3-4,14H,1-2,5-7H2,(H,13,15). The van der Waals surface area contributed by atoms with Crippen molar-refractivity contribution >= 4 is 33.2 Å². The van der Waals surface area contributed by atoms with Crippen molar-refractivity contribution in [1.29, 1.82) is 0 Å². The third kappa shape index (κ3) is 2.47. The number of hydrogen-bond donors (Lipinski definition) is 2. The van der Waals surface area contributed by atoms with Crippen LogP contribution in [0.5, 0.6) is 0 Å². The van der Waals surface area contributed by atoms with Gasteiger partial charge in [0.25, 0.3) is 5.91 Å². The molecule has 1 heterocycles. The van der Waals surface area contributed by atoms with E-state index in [1.165, 1.54) is 11.3 Å². The van der Waals surface area contributed by atoms with Crippen LogP contribution in [0.3, 0.4) is 0 Å². The second-order valence-corrected chi connectivity index (χ2v) is 6.67. The normalized spacial score (nSPS) is 18.6. The molecule has 3 nitrogen and oxygen atoms in total. The summed E-state index contributed by atoms with van der Waals surface area (Å²) in [6, 6.07) is 3.66. The first kappa shape index (κ1) is 12.1. The number of carbonyl (C=O) groups excluding carboxylic acids is 1. The molecule has 1 amide bonds. The van der Waals surface area contributed by atoms with Crippen molar-refractivity contribution in [1.82, 2.24) is 5.32 Å². The third-order valence-corrected chi connectivity index (χ3v) is 4.66. The van der Waals surface area contributed by atoms with Crippen LogP contribution >= 0.6 is 27.3 Å². The van der Waals surface area contributed by atoms with Gasteiger partial charge in [0, 0.05) is 0 Å². The first-order valence-corrected chi connectivity index (χ1v) is 6.95. The molecule has 0 aliphatic heterocycles. The molecule has 0 spiro atoms. The lowest BCUT2D eigenvalue weighted by molar-refractivity contribution is 0.0842. The van der Waals surface area contributed by atoms with Gasteiger partial charge in [-0.25, -0.2) is 0 Å². The molecule has 0 radical (unpaired) electrons. The number of carbonyl (C=O) groups is 1. The molecular formula is C11H14BrNO2S. The van der Waals surface area contributed by atoms with Crippen molar-refractivity contribution in [2.75, 3.05) is 6.61 Å². The van der Waals surface area contributed by atoms with Crippen molar-refractivity contribution in [3.8, 4) is 0 Å². The highest BCUT2D eigenvalue weighted by atomic mass is 79.9. The fraction of sp³-hybridized carbons (Fsp3) is 0.545. The average Bonchev–Trinajstić information content (AvgIpc) is 2.88. The third-order valence-electron chi connectivity index (χ3n) is 3.04.